The molecule has 1 N–H and O–H groups in total. The van der Waals surface area contributed by atoms with Gasteiger partial charge in [0, 0.05) is 16.6 Å². The van der Waals surface area contributed by atoms with Crippen molar-refractivity contribution in [3.63, 3.8) is 0 Å². The summed E-state index contributed by atoms with van der Waals surface area (Å²) in [5.41, 5.74) is 0.938. The summed E-state index contributed by atoms with van der Waals surface area (Å²) in [7, 11) is 0. The van der Waals surface area contributed by atoms with E-state index in [4.69, 9.17) is 34.8 Å². The third-order valence-corrected chi connectivity index (χ3v) is 2.90. The predicted molar refractivity (Wildman–Crippen MR) is 70.8 cm³/mol. The second kappa shape index (κ2) is 5.54. The van der Waals surface area contributed by atoms with Crippen molar-refractivity contribution in [2.24, 2.45) is 0 Å². The maximum Gasteiger partial charge on any atom is 0.151 e. The van der Waals surface area contributed by atoms with E-state index >= 15 is 0 Å². The van der Waals surface area contributed by atoms with Crippen LogP contribution in [0.25, 0.3) is 0 Å². The molecule has 0 aliphatic heterocycles. The van der Waals surface area contributed by atoms with Gasteiger partial charge in [0.1, 0.15) is 5.82 Å². The Labute approximate surface area is 114 Å². The van der Waals surface area contributed by atoms with Crippen LogP contribution >= 0.6 is 34.8 Å². The topological polar surface area (TPSA) is 37.8 Å². The zero-order chi connectivity index (χ0) is 12.3. The van der Waals surface area contributed by atoms with Crippen LogP contribution < -0.4 is 5.32 Å². The number of nitrogens with zero attached hydrogens (tertiary/aromatic N) is 2. The van der Waals surface area contributed by atoms with E-state index in [-0.39, 0.29) is 0 Å². The first-order valence-corrected chi connectivity index (χ1v) is 5.95. The maximum absolute atomic E-state index is 6.04. The van der Waals surface area contributed by atoms with Crippen LogP contribution in [0.1, 0.15) is 5.56 Å². The van der Waals surface area contributed by atoms with Crippen LogP contribution in [0.3, 0.4) is 0 Å². The molecule has 1 aromatic carbocycles. The summed E-state index contributed by atoms with van der Waals surface area (Å²) in [5, 5.41) is 12.3. The number of nitrogens with one attached hydrogen (secondary N) is 1. The number of hydrogen-bond donors (Lipinski definition) is 1. The zero-order valence-electron chi connectivity index (χ0n) is 8.62. The number of anilines is 1. The van der Waals surface area contributed by atoms with E-state index in [1.165, 1.54) is 0 Å². The smallest absolute Gasteiger partial charge is 0.151 e. The van der Waals surface area contributed by atoms with E-state index in [1.54, 1.807) is 24.3 Å². The van der Waals surface area contributed by atoms with Gasteiger partial charge in [0.15, 0.2) is 5.15 Å². The number of halogens is 3. The number of aromatic nitrogens is 2. The summed E-state index contributed by atoms with van der Waals surface area (Å²) in [6.45, 7) is 0.548. The molecule has 0 saturated heterocycles. The van der Waals surface area contributed by atoms with E-state index in [1.807, 2.05) is 6.07 Å². The summed E-state index contributed by atoms with van der Waals surface area (Å²) in [6, 6.07) is 8.77. The lowest BCUT2D eigenvalue weighted by atomic mass is 10.2. The minimum absolute atomic E-state index is 0.361. The summed E-state index contributed by atoms with van der Waals surface area (Å²) in [4.78, 5) is 0. The van der Waals surface area contributed by atoms with Crippen LogP contribution in [-0.2, 0) is 6.54 Å². The third kappa shape index (κ3) is 3.46. The highest BCUT2D eigenvalue weighted by atomic mass is 35.5. The van der Waals surface area contributed by atoms with Crippen LogP contribution in [0.2, 0.25) is 15.2 Å². The fourth-order valence-electron chi connectivity index (χ4n) is 1.26. The number of benzene rings is 1. The van der Waals surface area contributed by atoms with Crippen molar-refractivity contribution in [1.82, 2.24) is 10.2 Å². The molecule has 88 valence electrons. The molecular weight excluding hydrogens is 281 g/mol. The van der Waals surface area contributed by atoms with Crippen molar-refractivity contribution < 1.29 is 0 Å². The van der Waals surface area contributed by atoms with Crippen molar-refractivity contribution >= 4 is 40.6 Å². The Bertz CT molecular complexity index is 514. The molecule has 6 heteroatoms. The SMILES string of the molecule is Clc1ccc(CNc2ccc(Cl)nn2)c(Cl)c1. The molecule has 1 aromatic heterocycles. The van der Waals surface area contributed by atoms with Gasteiger partial charge in [-0.1, -0.05) is 40.9 Å². The highest BCUT2D eigenvalue weighted by Gasteiger charge is 2.02. The van der Waals surface area contributed by atoms with Crippen molar-refractivity contribution in [1.29, 1.82) is 0 Å². The second-order valence-electron chi connectivity index (χ2n) is 3.33. The standard InChI is InChI=1S/C11H8Cl3N3/c12-8-2-1-7(9(13)5-8)6-15-11-4-3-10(14)16-17-11/h1-5H,6H2,(H,15,17). The summed E-state index contributed by atoms with van der Waals surface area (Å²) in [5.74, 6) is 0.639. The molecule has 2 aromatic rings. The van der Waals surface area contributed by atoms with E-state index < -0.39 is 0 Å². The van der Waals surface area contributed by atoms with Crippen molar-refractivity contribution in [3.05, 3.63) is 51.1 Å². The van der Waals surface area contributed by atoms with E-state index in [2.05, 4.69) is 15.5 Å². The Balaban J connectivity index is 2.04. The average Bonchev–Trinajstić information content (AvgIpc) is 2.30. The molecule has 0 saturated carbocycles. The van der Waals surface area contributed by atoms with Gasteiger partial charge in [0.05, 0.1) is 0 Å². The third-order valence-electron chi connectivity index (χ3n) is 2.11. The summed E-state index contributed by atoms with van der Waals surface area (Å²) < 4.78 is 0. The van der Waals surface area contributed by atoms with E-state index in [0.717, 1.165) is 5.56 Å². The van der Waals surface area contributed by atoms with Gasteiger partial charge in [-0.15, -0.1) is 10.2 Å². The Hall–Kier alpha value is -1.03. The van der Waals surface area contributed by atoms with Crippen molar-refractivity contribution in [2.75, 3.05) is 5.32 Å². The fourth-order valence-corrected chi connectivity index (χ4v) is 1.84. The molecule has 1 heterocycles. The molecule has 0 amide bonds. The Morgan fingerprint density at radius 2 is 1.82 bits per heavy atom. The van der Waals surface area contributed by atoms with Gasteiger partial charge in [-0.25, -0.2) is 0 Å². The van der Waals surface area contributed by atoms with Crippen molar-refractivity contribution in [2.45, 2.75) is 6.54 Å². The van der Waals surface area contributed by atoms with Crippen LogP contribution in [0.15, 0.2) is 30.3 Å². The lowest BCUT2D eigenvalue weighted by molar-refractivity contribution is 1.00. The highest BCUT2D eigenvalue weighted by Crippen LogP contribution is 2.21. The van der Waals surface area contributed by atoms with Gasteiger partial charge in [0.25, 0.3) is 0 Å². The Kier molecular flexibility index (Phi) is 4.05. The first-order valence-electron chi connectivity index (χ1n) is 4.82. The minimum Gasteiger partial charge on any atom is -0.364 e. The first kappa shape index (κ1) is 12.4. The van der Waals surface area contributed by atoms with Crippen LogP contribution in [0, 0.1) is 0 Å². The normalized spacial score (nSPS) is 10.3. The lowest BCUT2D eigenvalue weighted by Gasteiger charge is -2.07. The largest absolute Gasteiger partial charge is 0.364 e. The molecule has 0 aliphatic rings. The van der Waals surface area contributed by atoms with Crippen LogP contribution in [-0.4, -0.2) is 10.2 Å². The molecule has 0 aliphatic carbocycles. The average molecular weight is 289 g/mol. The molecule has 0 unspecified atom stereocenters. The van der Waals surface area contributed by atoms with Gasteiger partial charge in [-0.05, 0) is 29.8 Å². The van der Waals surface area contributed by atoms with Gasteiger partial charge in [-0.2, -0.15) is 0 Å². The Morgan fingerprint density at radius 3 is 2.47 bits per heavy atom. The number of rotatable bonds is 3. The van der Waals surface area contributed by atoms with Gasteiger partial charge in [0.2, 0.25) is 0 Å². The molecule has 0 bridgehead atoms. The molecule has 0 radical (unpaired) electrons. The monoisotopic (exact) mass is 287 g/mol. The molecule has 3 nitrogen and oxygen atoms in total. The van der Waals surface area contributed by atoms with Gasteiger partial charge < -0.3 is 5.32 Å². The van der Waals surface area contributed by atoms with Crippen LogP contribution in [0.4, 0.5) is 5.82 Å². The number of hydrogen-bond acceptors (Lipinski definition) is 3. The lowest BCUT2D eigenvalue weighted by Crippen LogP contribution is -2.02. The molecule has 2 rings (SSSR count). The quantitative estimate of drug-likeness (QED) is 0.926. The van der Waals surface area contributed by atoms with Crippen molar-refractivity contribution in [3.8, 4) is 0 Å². The molecule has 0 spiro atoms. The summed E-state index contributed by atoms with van der Waals surface area (Å²) in [6.07, 6.45) is 0. The van der Waals surface area contributed by atoms with Gasteiger partial charge >= 0.3 is 0 Å². The molecule has 0 fully saturated rings. The Morgan fingerprint density at radius 1 is 1.00 bits per heavy atom. The second-order valence-corrected chi connectivity index (χ2v) is 4.56. The molecule has 17 heavy (non-hydrogen) atoms. The first-order chi connectivity index (χ1) is 8.15. The fraction of sp³-hybridized carbons (Fsp3) is 0.0909. The van der Waals surface area contributed by atoms with Crippen LogP contribution in [0.5, 0.6) is 0 Å². The van der Waals surface area contributed by atoms with E-state index in [9.17, 15) is 0 Å². The highest BCUT2D eigenvalue weighted by molar-refractivity contribution is 6.35. The zero-order valence-corrected chi connectivity index (χ0v) is 10.9. The molecular formula is C11H8Cl3N3. The predicted octanol–water partition coefficient (Wildman–Crippen LogP) is 4.05. The van der Waals surface area contributed by atoms with E-state index in [0.29, 0.717) is 27.6 Å². The minimum atomic E-state index is 0.361. The summed E-state index contributed by atoms with van der Waals surface area (Å²) >= 11 is 17.5. The molecule has 0 atom stereocenters. The van der Waals surface area contributed by atoms with Gasteiger partial charge in [-0.3, -0.25) is 0 Å². The maximum atomic E-state index is 6.04.